The summed E-state index contributed by atoms with van der Waals surface area (Å²) in [6, 6.07) is 19.8. The first kappa shape index (κ1) is 20.3. The van der Waals surface area contributed by atoms with Gasteiger partial charge < -0.3 is 13.9 Å². The van der Waals surface area contributed by atoms with Crippen molar-refractivity contribution >= 4 is 17.6 Å². The van der Waals surface area contributed by atoms with Crippen LogP contribution in [-0.4, -0.2) is 30.1 Å². The third-order valence-electron chi connectivity index (χ3n) is 4.77. The quantitative estimate of drug-likeness (QED) is 0.585. The van der Waals surface area contributed by atoms with Crippen LogP contribution in [-0.2, 0) is 9.53 Å². The average Bonchev–Trinajstić information content (AvgIpc) is 3.49. The van der Waals surface area contributed by atoms with Gasteiger partial charge in [0.15, 0.2) is 12.4 Å². The lowest BCUT2D eigenvalue weighted by Crippen LogP contribution is -2.39. The number of furan rings is 1. The van der Waals surface area contributed by atoms with E-state index in [0.29, 0.717) is 5.75 Å². The summed E-state index contributed by atoms with van der Waals surface area (Å²) < 4.78 is 16.0. The minimum atomic E-state index is -0.480. The van der Waals surface area contributed by atoms with Crippen molar-refractivity contribution in [3.8, 4) is 5.75 Å². The molecule has 158 valence electrons. The Hall–Kier alpha value is -4.00. The number of benzene rings is 2. The molecule has 1 N–H and O–H groups in total. The van der Waals surface area contributed by atoms with E-state index in [1.165, 1.54) is 11.3 Å². The predicted molar refractivity (Wildman–Crippen MR) is 114 cm³/mol. The summed E-state index contributed by atoms with van der Waals surface area (Å²) in [5.74, 6) is -0.0708. The topological polar surface area (TPSA) is 81.0 Å². The van der Waals surface area contributed by atoms with Crippen LogP contribution in [0.25, 0.3) is 5.70 Å². The first-order valence-corrected chi connectivity index (χ1v) is 9.95. The molecule has 1 aromatic heterocycles. The van der Waals surface area contributed by atoms with Gasteiger partial charge in [-0.15, -0.1) is 0 Å². The molecule has 0 saturated heterocycles. The lowest BCUT2D eigenvalue weighted by molar-refractivity contribution is -0.145. The smallest absolute Gasteiger partial charge is 0.344 e. The molecule has 0 spiro atoms. The Balaban J connectivity index is 1.68. The molecule has 0 fully saturated rings. The standard InChI is InChI=1S/C24H22N2O5/c1-2-29-23(27)16-31-21-12-7-6-11-18(21)20-15-19(17-9-4-3-5-10-17)25-26(20)24(28)22-13-8-14-30-22/h3-15,20,25H,2,16H2,1H3/t20-/m0/s1. The number of rotatable bonds is 7. The van der Waals surface area contributed by atoms with Gasteiger partial charge in [0.1, 0.15) is 11.8 Å². The molecule has 1 aliphatic rings. The van der Waals surface area contributed by atoms with Gasteiger partial charge in [0.25, 0.3) is 0 Å². The molecule has 1 aliphatic heterocycles. The lowest BCUT2D eigenvalue weighted by Gasteiger charge is -2.26. The number of hydrogen-bond donors (Lipinski definition) is 1. The molecule has 31 heavy (non-hydrogen) atoms. The maximum Gasteiger partial charge on any atom is 0.344 e. The normalized spacial score (nSPS) is 15.2. The van der Waals surface area contributed by atoms with E-state index in [1.807, 2.05) is 54.6 Å². The maximum atomic E-state index is 13.2. The van der Waals surface area contributed by atoms with Crippen LogP contribution < -0.4 is 10.2 Å². The largest absolute Gasteiger partial charge is 0.482 e. The Morgan fingerprint density at radius 2 is 1.81 bits per heavy atom. The molecule has 7 heteroatoms. The summed E-state index contributed by atoms with van der Waals surface area (Å²) in [6.07, 6.45) is 3.41. The Bertz CT molecular complexity index is 1080. The number of carbonyl (C=O) groups is 2. The molecule has 0 radical (unpaired) electrons. The maximum absolute atomic E-state index is 13.2. The van der Waals surface area contributed by atoms with E-state index in [4.69, 9.17) is 13.9 Å². The molecule has 0 saturated carbocycles. The SMILES string of the molecule is CCOC(=O)COc1ccccc1[C@@H]1C=C(c2ccccc2)NN1C(=O)c1ccco1. The summed E-state index contributed by atoms with van der Waals surface area (Å²) in [6.45, 7) is 1.81. The highest BCUT2D eigenvalue weighted by Crippen LogP contribution is 2.36. The van der Waals surface area contributed by atoms with Crippen LogP contribution in [0.2, 0.25) is 0 Å². The number of nitrogens with zero attached hydrogens (tertiary/aromatic N) is 1. The molecule has 2 heterocycles. The van der Waals surface area contributed by atoms with E-state index < -0.39 is 12.0 Å². The number of carbonyl (C=O) groups excluding carboxylic acids is 2. The second-order valence-corrected chi connectivity index (χ2v) is 6.79. The Morgan fingerprint density at radius 3 is 2.55 bits per heavy atom. The van der Waals surface area contributed by atoms with Crippen LogP contribution in [0.15, 0.2) is 83.5 Å². The molecule has 7 nitrogen and oxygen atoms in total. The molecule has 1 amide bonds. The van der Waals surface area contributed by atoms with Crippen molar-refractivity contribution in [3.63, 3.8) is 0 Å². The van der Waals surface area contributed by atoms with Crippen molar-refractivity contribution in [1.29, 1.82) is 0 Å². The number of hydrazine groups is 1. The van der Waals surface area contributed by atoms with E-state index in [-0.39, 0.29) is 24.9 Å². The molecular weight excluding hydrogens is 396 g/mol. The van der Waals surface area contributed by atoms with Gasteiger partial charge in [0, 0.05) is 5.56 Å². The number of nitrogens with one attached hydrogen (secondary N) is 1. The highest BCUT2D eigenvalue weighted by atomic mass is 16.6. The van der Waals surface area contributed by atoms with E-state index in [9.17, 15) is 9.59 Å². The first-order chi connectivity index (χ1) is 15.2. The molecular formula is C24H22N2O5. The fourth-order valence-corrected chi connectivity index (χ4v) is 3.37. The molecule has 4 rings (SSSR count). The van der Waals surface area contributed by atoms with Crippen molar-refractivity contribution in [2.75, 3.05) is 13.2 Å². The van der Waals surface area contributed by atoms with E-state index in [1.54, 1.807) is 25.1 Å². The van der Waals surface area contributed by atoms with Crippen molar-refractivity contribution in [3.05, 3.63) is 96.0 Å². The van der Waals surface area contributed by atoms with Crippen LogP contribution in [0, 0.1) is 0 Å². The number of para-hydroxylation sites is 1. The van der Waals surface area contributed by atoms with E-state index >= 15 is 0 Å². The Kier molecular flexibility index (Phi) is 6.03. The number of esters is 1. The number of ether oxygens (including phenoxy) is 2. The first-order valence-electron chi connectivity index (χ1n) is 9.95. The Labute approximate surface area is 179 Å². The highest BCUT2D eigenvalue weighted by molar-refractivity contribution is 5.93. The molecule has 2 aromatic carbocycles. The van der Waals surface area contributed by atoms with Crippen molar-refractivity contribution < 1.29 is 23.5 Å². The van der Waals surface area contributed by atoms with Gasteiger partial charge >= 0.3 is 11.9 Å². The summed E-state index contributed by atoms with van der Waals surface area (Å²) >= 11 is 0. The van der Waals surface area contributed by atoms with Crippen molar-refractivity contribution in [1.82, 2.24) is 10.4 Å². The highest BCUT2D eigenvalue weighted by Gasteiger charge is 2.34. The predicted octanol–water partition coefficient (Wildman–Crippen LogP) is 3.96. The van der Waals surface area contributed by atoms with Crippen LogP contribution in [0.1, 0.15) is 34.6 Å². The van der Waals surface area contributed by atoms with Crippen LogP contribution in [0.3, 0.4) is 0 Å². The lowest BCUT2D eigenvalue weighted by atomic mass is 10.0. The van der Waals surface area contributed by atoms with Gasteiger partial charge in [0.2, 0.25) is 0 Å². The van der Waals surface area contributed by atoms with Gasteiger partial charge in [-0.1, -0.05) is 48.5 Å². The summed E-state index contributed by atoms with van der Waals surface area (Å²) in [5, 5.41) is 1.49. The van der Waals surface area contributed by atoms with E-state index in [2.05, 4.69) is 5.43 Å². The fourth-order valence-electron chi connectivity index (χ4n) is 3.37. The van der Waals surface area contributed by atoms with Gasteiger partial charge in [-0.2, -0.15) is 0 Å². The molecule has 3 aromatic rings. The van der Waals surface area contributed by atoms with E-state index in [0.717, 1.165) is 16.8 Å². The molecule has 0 unspecified atom stereocenters. The average molecular weight is 418 g/mol. The third kappa shape index (κ3) is 4.45. The summed E-state index contributed by atoms with van der Waals surface area (Å²) in [7, 11) is 0. The zero-order valence-electron chi connectivity index (χ0n) is 17.0. The minimum absolute atomic E-state index is 0.213. The second kappa shape index (κ2) is 9.21. The fraction of sp³-hybridized carbons (Fsp3) is 0.167. The molecule has 0 aliphatic carbocycles. The van der Waals surface area contributed by atoms with Gasteiger partial charge in [-0.3, -0.25) is 10.2 Å². The second-order valence-electron chi connectivity index (χ2n) is 6.79. The number of hydrogen-bond acceptors (Lipinski definition) is 6. The summed E-state index contributed by atoms with van der Waals surface area (Å²) in [5.41, 5.74) is 5.64. The zero-order chi connectivity index (χ0) is 21.6. The monoisotopic (exact) mass is 418 g/mol. The summed E-state index contributed by atoms with van der Waals surface area (Å²) in [4.78, 5) is 24.9. The minimum Gasteiger partial charge on any atom is -0.482 e. The number of amides is 1. The third-order valence-corrected chi connectivity index (χ3v) is 4.77. The van der Waals surface area contributed by atoms with Crippen LogP contribution >= 0.6 is 0 Å². The van der Waals surface area contributed by atoms with Crippen LogP contribution in [0.5, 0.6) is 5.75 Å². The van der Waals surface area contributed by atoms with Gasteiger partial charge in [-0.05, 0) is 36.8 Å². The Morgan fingerprint density at radius 1 is 1.03 bits per heavy atom. The zero-order valence-corrected chi connectivity index (χ0v) is 17.0. The van der Waals surface area contributed by atoms with Gasteiger partial charge in [-0.25, -0.2) is 9.80 Å². The van der Waals surface area contributed by atoms with Gasteiger partial charge in [0.05, 0.1) is 18.6 Å². The van der Waals surface area contributed by atoms with Crippen molar-refractivity contribution in [2.45, 2.75) is 13.0 Å². The molecule has 0 bridgehead atoms. The van der Waals surface area contributed by atoms with Crippen molar-refractivity contribution in [2.24, 2.45) is 0 Å². The van der Waals surface area contributed by atoms with Crippen LogP contribution in [0.4, 0.5) is 0 Å². The molecule has 1 atom stereocenters.